The molecule has 0 radical (unpaired) electrons. The normalized spacial score (nSPS) is 12.3. The Kier molecular flexibility index (Phi) is 9.67. The maximum Gasteiger partial charge on any atom is 0.408 e. The molecule has 8 heteroatoms. The van der Waals surface area contributed by atoms with Crippen LogP contribution in [0.3, 0.4) is 0 Å². The van der Waals surface area contributed by atoms with Gasteiger partial charge in [0.1, 0.15) is 18.5 Å². The molecule has 0 aromatic heterocycles. The van der Waals surface area contributed by atoms with Gasteiger partial charge in [-0.15, -0.1) is 11.6 Å². The Hall–Kier alpha value is -3.06. The number of carbonyl (C=O) groups is 3. The lowest BCUT2D eigenvalue weighted by Gasteiger charge is -2.26. The lowest BCUT2D eigenvalue weighted by molar-refractivity contribution is -0.144. The fraction of sp³-hybridized carbons (Fsp3) is 0.318. The molecule has 2 aromatic rings. The van der Waals surface area contributed by atoms with Crippen molar-refractivity contribution in [3.63, 3.8) is 0 Å². The molecular weight excluding hydrogens is 408 g/mol. The summed E-state index contributed by atoms with van der Waals surface area (Å²) in [6.45, 7) is 0.0449. The molecule has 2 aromatic carbocycles. The van der Waals surface area contributed by atoms with E-state index in [0.29, 0.717) is 12.8 Å². The van der Waals surface area contributed by atoms with Gasteiger partial charge >= 0.3 is 12.1 Å². The van der Waals surface area contributed by atoms with Crippen LogP contribution in [0.2, 0.25) is 0 Å². The smallest absolute Gasteiger partial charge is 0.408 e. The summed E-state index contributed by atoms with van der Waals surface area (Å²) >= 11 is 5.61. The molecule has 0 unspecified atom stereocenters. The Morgan fingerprint density at radius 3 is 2.10 bits per heavy atom. The Morgan fingerprint density at radius 1 is 0.933 bits per heavy atom. The van der Waals surface area contributed by atoms with Gasteiger partial charge in [0.15, 0.2) is 0 Å². The van der Waals surface area contributed by atoms with Crippen molar-refractivity contribution in [1.82, 2.24) is 10.6 Å². The Morgan fingerprint density at radius 2 is 1.53 bits per heavy atom. The molecule has 160 valence electrons. The molecule has 2 atom stereocenters. The molecule has 2 amide bonds. The Labute approximate surface area is 180 Å². The van der Waals surface area contributed by atoms with E-state index < -0.39 is 30.1 Å². The summed E-state index contributed by atoms with van der Waals surface area (Å²) in [5, 5.41) is 5.20. The van der Waals surface area contributed by atoms with Gasteiger partial charge in [0.25, 0.3) is 0 Å². The number of hydrogen-bond donors (Lipinski definition) is 2. The molecule has 0 aliphatic carbocycles. The lowest BCUT2D eigenvalue weighted by Crippen LogP contribution is -2.56. The van der Waals surface area contributed by atoms with Crippen molar-refractivity contribution in [3.8, 4) is 0 Å². The summed E-state index contributed by atoms with van der Waals surface area (Å²) in [5.74, 6) is -1.42. The second kappa shape index (κ2) is 12.5. The van der Waals surface area contributed by atoms with E-state index >= 15 is 0 Å². The molecule has 0 saturated heterocycles. The summed E-state index contributed by atoms with van der Waals surface area (Å²) in [4.78, 5) is 36.6. The van der Waals surface area contributed by atoms with Crippen molar-refractivity contribution in [3.05, 3.63) is 71.8 Å². The van der Waals surface area contributed by atoms with Gasteiger partial charge in [0.2, 0.25) is 5.91 Å². The third-order valence-electron chi connectivity index (χ3n) is 4.40. The Bertz CT molecular complexity index is 817. The minimum atomic E-state index is -1.13. The molecular formula is C22H25ClN2O5. The van der Waals surface area contributed by atoms with Gasteiger partial charge in [-0.05, 0) is 24.0 Å². The van der Waals surface area contributed by atoms with Gasteiger partial charge < -0.3 is 20.1 Å². The average molecular weight is 433 g/mol. The number of nitrogens with one attached hydrogen (secondary N) is 2. The highest BCUT2D eigenvalue weighted by Gasteiger charge is 2.32. The first-order chi connectivity index (χ1) is 14.5. The minimum absolute atomic E-state index is 0.0449. The number of carbonyl (C=O) groups excluding carboxylic acids is 3. The Balaban J connectivity index is 2.07. The highest BCUT2D eigenvalue weighted by Crippen LogP contribution is 2.10. The molecule has 0 fully saturated rings. The van der Waals surface area contributed by atoms with Gasteiger partial charge in [0, 0.05) is 0 Å². The van der Waals surface area contributed by atoms with Crippen molar-refractivity contribution < 1.29 is 23.9 Å². The van der Waals surface area contributed by atoms with Crippen molar-refractivity contribution in [2.45, 2.75) is 31.5 Å². The van der Waals surface area contributed by atoms with Gasteiger partial charge in [0.05, 0.1) is 13.2 Å². The van der Waals surface area contributed by atoms with Crippen LogP contribution in [0.4, 0.5) is 4.79 Å². The van der Waals surface area contributed by atoms with Gasteiger partial charge in [-0.25, -0.2) is 9.59 Å². The van der Waals surface area contributed by atoms with E-state index in [9.17, 15) is 14.4 Å². The first-order valence-corrected chi connectivity index (χ1v) is 10.0. The SMILES string of the molecule is COC(=O)[C@@H](NC(=O)OCc1ccccc1)[C@@H](CCc1ccccc1)NC(=O)CCl. The molecule has 30 heavy (non-hydrogen) atoms. The van der Waals surface area contributed by atoms with E-state index in [0.717, 1.165) is 11.1 Å². The third-order valence-corrected chi connectivity index (χ3v) is 4.64. The summed E-state index contributed by atoms with van der Waals surface area (Å²) in [5.41, 5.74) is 1.83. The van der Waals surface area contributed by atoms with Gasteiger partial charge in [-0.1, -0.05) is 60.7 Å². The maximum absolute atomic E-state index is 12.4. The molecule has 0 bridgehead atoms. The number of esters is 1. The zero-order valence-electron chi connectivity index (χ0n) is 16.7. The van der Waals surface area contributed by atoms with Crippen LogP contribution in [-0.4, -0.2) is 43.0 Å². The zero-order valence-corrected chi connectivity index (χ0v) is 17.4. The minimum Gasteiger partial charge on any atom is -0.467 e. The van der Waals surface area contributed by atoms with Crippen LogP contribution < -0.4 is 10.6 Å². The number of halogens is 1. The van der Waals surface area contributed by atoms with Crippen molar-refractivity contribution in [2.24, 2.45) is 0 Å². The molecule has 7 nitrogen and oxygen atoms in total. The number of alkyl halides is 1. The monoisotopic (exact) mass is 432 g/mol. The summed E-state index contributed by atoms with van der Waals surface area (Å²) in [6.07, 6.45) is 0.160. The predicted octanol–water partition coefficient (Wildman–Crippen LogP) is 2.81. The molecule has 2 rings (SSSR count). The van der Waals surface area contributed by atoms with Crippen molar-refractivity contribution >= 4 is 29.6 Å². The van der Waals surface area contributed by atoms with Crippen LogP contribution in [0.25, 0.3) is 0 Å². The first-order valence-electron chi connectivity index (χ1n) is 9.47. The molecule has 0 aliphatic rings. The van der Waals surface area contributed by atoms with Crippen LogP contribution in [0, 0.1) is 0 Å². The highest BCUT2D eigenvalue weighted by atomic mass is 35.5. The molecule has 0 aliphatic heterocycles. The van der Waals surface area contributed by atoms with Crippen LogP contribution >= 0.6 is 11.6 Å². The van der Waals surface area contributed by atoms with E-state index in [1.54, 1.807) is 0 Å². The molecule has 2 N–H and O–H groups in total. The number of rotatable bonds is 10. The van der Waals surface area contributed by atoms with E-state index in [2.05, 4.69) is 10.6 Å². The number of aryl methyl sites for hydroxylation is 1. The number of methoxy groups -OCH3 is 1. The second-order valence-electron chi connectivity index (χ2n) is 6.54. The quantitative estimate of drug-likeness (QED) is 0.444. The number of ether oxygens (including phenoxy) is 2. The first kappa shape index (κ1) is 23.2. The largest absolute Gasteiger partial charge is 0.467 e. The number of amides is 2. The number of alkyl carbamates (subject to hydrolysis) is 1. The van der Waals surface area contributed by atoms with Crippen molar-refractivity contribution in [2.75, 3.05) is 13.0 Å². The standard InChI is InChI=1S/C22H25ClN2O5/c1-29-21(27)20(25-22(28)30-15-17-10-6-3-7-11-17)18(24-19(26)14-23)13-12-16-8-4-2-5-9-16/h2-11,18,20H,12-15H2,1H3,(H,24,26)(H,25,28)/t18-,20+/m1/s1. The summed E-state index contributed by atoms with van der Waals surface area (Å²) in [7, 11) is 1.21. The fourth-order valence-corrected chi connectivity index (χ4v) is 2.95. The van der Waals surface area contributed by atoms with E-state index in [1.165, 1.54) is 7.11 Å². The summed E-state index contributed by atoms with van der Waals surface area (Å²) < 4.78 is 10.0. The molecule has 0 saturated carbocycles. The van der Waals surface area contributed by atoms with Crippen LogP contribution in [0.1, 0.15) is 17.5 Å². The van der Waals surface area contributed by atoms with Gasteiger partial charge in [-0.2, -0.15) is 0 Å². The topological polar surface area (TPSA) is 93.7 Å². The third kappa shape index (κ3) is 7.75. The molecule has 0 heterocycles. The van der Waals surface area contributed by atoms with Crippen LogP contribution in [0.15, 0.2) is 60.7 Å². The zero-order chi connectivity index (χ0) is 21.8. The average Bonchev–Trinajstić information content (AvgIpc) is 2.79. The van der Waals surface area contributed by atoms with E-state index in [4.69, 9.17) is 21.1 Å². The second-order valence-corrected chi connectivity index (χ2v) is 6.81. The van der Waals surface area contributed by atoms with Crippen LogP contribution in [0.5, 0.6) is 0 Å². The van der Waals surface area contributed by atoms with E-state index in [1.807, 2.05) is 60.7 Å². The maximum atomic E-state index is 12.4. The predicted molar refractivity (Wildman–Crippen MR) is 113 cm³/mol. The highest BCUT2D eigenvalue weighted by molar-refractivity contribution is 6.27. The molecule has 0 spiro atoms. The number of benzene rings is 2. The summed E-state index contributed by atoms with van der Waals surface area (Å²) in [6, 6.07) is 16.9. The fourth-order valence-electron chi connectivity index (χ4n) is 2.88. The number of hydrogen-bond acceptors (Lipinski definition) is 5. The lowest BCUT2D eigenvalue weighted by atomic mass is 9.99. The van der Waals surface area contributed by atoms with Crippen molar-refractivity contribution in [1.29, 1.82) is 0 Å². The van der Waals surface area contributed by atoms with Crippen LogP contribution in [-0.2, 0) is 32.1 Å². The van der Waals surface area contributed by atoms with E-state index in [-0.39, 0.29) is 12.5 Å². The van der Waals surface area contributed by atoms with Gasteiger partial charge in [-0.3, -0.25) is 4.79 Å².